The van der Waals surface area contributed by atoms with Crippen LogP contribution in [0.1, 0.15) is 29.5 Å². The number of carbonyl (C=O) groups is 1. The van der Waals surface area contributed by atoms with Crippen LogP contribution in [0, 0.1) is 0 Å². The van der Waals surface area contributed by atoms with Gasteiger partial charge in [0.2, 0.25) is 0 Å². The fraction of sp³-hybridized carbons (Fsp3) is 0.529. The summed E-state index contributed by atoms with van der Waals surface area (Å²) < 4.78 is 12.1. The molecule has 0 aliphatic carbocycles. The van der Waals surface area contributed by atoms with Crippen LogP contribution in [0.25, 0.3) is 0 Å². The van der Waals surface area contributed by atoms with Crippen molar-refractivity contribution < 1.29 is 14.1 Å². The van der Waals surface area contributed by atoms with Crippen molar-refractivity contribution in [2.75, 3.05) is 31.1 Å². The highest BCUT2D eigenvalue weighted by molar-refractivity contribution is 5.94. The van der Waals surface area contributed by atoms with E-state index in [0.29, 0.717) is 50.4 Å². The zero-order valence-corrected chi connectivity index (χ0v) is 15.0. The van der Waals surface area contributed by atoms with Crippen molar-refractivity contribution in [1.29, 1.82) is 0 Å². The number of amides is 1. The number of rotatable bonds is 6. The maximum atomic E-state index is 12.2. The first-order valence-corrected chi connectivity index (χ1v) is 8.70. The summed E-state index contributed by atoms with van der Waals surface area (Å²) in [5, 5.41) is 10.6. The molecular formula is C17H23N5O4. The van der Waals surface area contributed by atoms with Crippen LogP contribution in [0.3, 0.4) is 0 Å². The quantitative estimate of drug-likeness (QED) is 0.792. The summed E-state index contributed by atoms with van der Waals surface area (Å²) in [6.07, 6.45) is 4.39. The van der Waals surface area contributed by atoms with Gasteiger partial charge >= 0.3 is 0 Å². The van der Waals surface area contributed by atoms with E-state index < -0.39 is 0 Å². The Bertz CT molecular complexity index is 815. The highest BCUT2D eigenvalue weighted by Crippen LogP contribution is 2.16. The van der Waals surface area contributed by atoms with E-state index >= 15 is 0 Å². The lowest BCUT2D eigenvalue weighted by atomic mass is 10.1. The molecule has 1 aliphatic rings. The van der Waals surface area contributed by atoms with Crippen molar-refractivity contribution >= 4 is 11.6 Å². The monoisotopic (exact) mass is 361 g/mol. The zero-order valence-electron chi connectivity index (χ0n) is 15.0. The van der Waals surface area contributed by atoms with Crippen LogP contribution in [0.15, 0.2) is 27.8 Å². The molecule has 1 saturated heterocycles. The van der Waals surface area contributed by atoms with Crippen LogP contribution in [0.2, 0.25) is 0 Å². The van der Waals surface area contributed by atoms with Gasteiger partial charge in [-0.15, -0.1) is 0 Å². The maximum Gasteiger partial charge on any atom is 0.268 e. The molecular weight excluding hydrogens is 338 g/mol. The molecule has 0 radical (unpaired) electrons. The number of aryl methyl sites for hydroxylation is 2. The van der Waals surface area contributed by atoms with Crippen LogP contribution in [-0.2, 0) is 18.2 Å². The van der Waals surface area contributed by atoms with Gasteiger partial charge in [-0.1, -0.05) is 12.1 Å². The normalized spacial score (nSPS) is 17.3. The Balaban J connectivity index is 1.51. The van der Waals surface area contributed by atoms with Crippen molar-refractivity contribution in [2.45, 2.75) is 25.9 Å². The SMILES string of the molecule is CCc1oncc1C(=O)NCC[C@@H]1CN(c2cnn(C)c(=O)c2)CCO1. The Kier molecular flexibility index (Phi) is 5.67. The van der Waals surface area contributed by atoms with Gasteiger partial charge in [-0.2, -0.15) is 5.10 Å². The Hall–Kier alpha value is -2.68. The molecule has 3 heterocycles. The maximum absolute atomic E-state index is 12.2. The number of hydrogen-bond donors (Lipinski definition) is 1. The number of morpholine rings is 1. The molecule has 2 aromatic heterocycles. The summed E-state index contributed by atoms with van der Waals surface area (Å²) in [5.74, 6) is 0.396. The number of anilines is 1. The Morgan fingerprint density at radius 3 is 3.04 bits per heavy atom. The van der Waals surface area contributed by atoms with Crippen molar-refractivity contribution in [2.24, 2.45) is 7.05 Å². The standard InChI is InChI=1S/C17H23N5O4/c1-3-15-14(10-20-26-15)17(24)18-5-4-13-11-22(6-7-25-13)12-8-16(23)21(2)19-9-12/h8-10,13H,3-7,11H2,1-2H3,(H,18,24)/t13-/m1/s1. The van der Waals surface area contributed by atoms with Gasteiger partial charge < -0.3 is 19.5 Å². The zero-order chi connectivity index (χ0) is 18.5. The van der Waals surface area contributed by atoms with E-state index in [4.69, 9.17) is 9.26 Å². The topological polar surface area (TPSA) is 102 Å². The third-order valence-corrected chi connectivity index (χ3v) is 4.42. The predicted octanol–water partition coefficient (Wildman–Crippen LogP) is 0.356. The molecule has 1 atom stereocenters. The molecule has 0 bridgehead atoms. The Morgan fingerprint density at radius 2 is 2.27 bits per heavy atom. The number of nitrogens with one attached hydrogen (secondary N) is 1. The van der Waals surface area contributed by atoms with Crippen LogP contribution in [0.4, 0.5) is 5.69 Å². The average molecular weight is 361 g/mol. The average Bonchev–Trinajstić information content (AvgIpc) is 3.13. The molecule has 0 unspecified atom stereocenters. The van der Waals surface area contributed by atoms with Crippen LogP contribution in [0.5, 0.6) is 0 Å². The number of ether oxygens (including phenoxy) is 1. The molecule has 1 amide bonds. The van der Waals surface area contributed by atoms with E-state index in [1.165, 1.54) is 10.9 Å². The molecule has 0 aromatic carbocycles. The molecule has 0 saturated carbocycles. The van der Waals surface area contributed by atoms with Gasteiger partial charge in [-0.3, -0.25) is 9.59 Å². The molecule has 26 heavy (non-hydrogen) atoms. The number of nitrogens with zero attached hydrogens (tertiary/aromatic N) is 4. The summed E-state index contributed by atoms with van der Waals surface area (Å²) in [7, 11) is 1.62. The molecule has 9 nitrogen and oxygen atoms in total. The summed E-state index contributed by atoms with van der Waals surface area (Å²) in [5.41, 5.74) is 1.13. The lowest BCUT2D eigenvalue weighted by Crippen LogP contribution is -2.44. The summed E-state index contributed by atoms with van der Waals surface area (Å²) in [6.45, 7) is 4.32. The second-order valence-electron chi connectivity index (χ2n) is 6.18. The van der Waals surface area contributed by atoms with E-state index in [0.717, 1.165) is 5.69 Å². The first-order valence-electron chi connectivity index (χ1n) is 8.70. The first-order chi connectivity index (χ1) is 12.6. The second-order valence-corrected chi connectivity index (χ2v) is 6.18. The predicted molar refractivity (Wildman–Crippen MR) is 94.3 cm³/mol. The number of hydrogen-bond acceptors (Lipinski definition) is 7. The van der Waals surface area contributed by atoms with E-state index in [-0.39, 0.29) is 17.6 Å². The third-order valence-electron chi connectivity index (χ3n) is 4.42. The molecule has 0 spiro atoms. The van der Waals surface area contributed by atoms with Crippen molar-refractivity contribution in [1.82, 2.24) is 20.3 Å². The smallest absolute Gasteiger partial charge is 0.268 e. The lowest BCUT2D eigenvalue weighted by Gasteiger charge is -2.34. The molecule has 1 aliphatic heterocycles. The van der Waals surface area contributed by atoms with Gasteiger partial charge in [0.05, 0.1) is 30.8 Å². The van der Waals surface area contributed by atoms with E-state index in [1.54, 1.807) is 19.3 Å². The van der Waals surface area contributed by atoms with Gasteiger partial charge in [-0.25, -0.2) is 4.68 Å². The number of carbonyl (C=O) groups excluding carboxylic acids is 1. The van der Waals surface area contributed by atoms with E-state index in [2.05, 4.69) is 20.5 Å². The van der Waals surface area contributed by atoms with Crippen molar-refractivity contribution in [3.63, 3.8) is 0 Å². The third kappa shape index (κ3) is 4.10. The fourth-order valence-electron chi connectivity index (χ4n) is 2.91. The molecule has 1 fully saturated rings. The van der Waals surface area contributed by atoms with Crippen LogP contribution in [-0.4, -0.2) is 53.2 Å². The molecule has 2 aromatic rings. The highest BCUT2D eigenvalue weighted by atomic mass is 16.5. The Labute approximate surface area is 150 Å². The lowest BCUT2D eigenvalue weighted by molar-refractivity contribution is 0.0353. The molecule has 1 N–H and O–H groups in total. The minimum absolute atomic E-state index is 0.0266. The van der Waals surface area contributed by atoms with Crippen LogP contribution < -0.4 is 15.8 Å². The summed E-state index contributed by atoms with van der Waals surface area (Å²) >= 11 is 0. The van der Waals surface area contributed by atoms with Crippen molar-refractivity contribution in [3.8, 4) is 0 Å². The molecule has 3 rings (SSSR count). The van der Waals surface area contributed by atoms with Gasteiger partial charge in [0.1, 0.15) is 11.3 Å². The minimum Gasteiger partial charge on any atom is -0.374 e. The minimum atomic E-state index is -0.188. The van der Waals surface area contributed by atoms with Crippen molar-refractivity contribution in [3.05, 3.63) is 40.1 Å². The molecule has 9 heteroatoms. The number of aromatic nitrogens is 3. The Morgan fingerprint density at radius 1 is 1.42 bits per heavy atom. The van der Waals surface area contributed by atoms with Gasteiger partial charge in [0.15, 0.2) is 0 Å². The fourth-order valence-corrected chi connectivity index (χ4v) is 2.91. The second kappa shape index (κ2) is 8.13. The highest BCUT2D eigenvalue weighted by Gasteiger charge is 2.22. The first kappa shape index (κ1) is 18.1. The van der Waals surface area contributed by atoms with E-state index in [9.17, 15) is 9.59 Å². The van der Waals surface area contributed by atoms with Gasteiger partial charge in [-0.05, 0) is 6.42 Å². The largest absolute Gasteiger partial charge is 0.374 e. The summed E-state index contributed by atoms with van der Waals surface area (Å²) in [4.78, 5) is 26.0. The van der Waals surface area contributed by atoms with Crippen LogP contribution >= 0.6 is 0 Å². The summed E-state index contributed by atoms with van der Waals surface area (Å²) in [6, 6.07) is 1.58. The van der Waals surface area contributed by atoms with Gasteiger partial charge in [0, 0.05) is 39.2 Å². The molecule has 140 valence electrons. The van der Waals surface area contributed by atoms with Gasteiger partial charge in [0.25, 0.3) is 11.5 Å². The van der Waals surface area contributed by atoms with E-state index in [1.807, 2.05) is 6.92 Å².